The SMILES string of the molecule is COc1cc(OC)cc(C(=O)OC(C(=O)Nc2ccc([N+](=O)[O-])cc2Cl)c2ccccc2)c1. The fourth-order valence-corrected chi connectivity index (χ4v) is 3.14. The summed E-state index contributed by atoms with van der Waals surface area (Å²) in [4.78, 5) is 36.3. The van der Waals surface area contributed by atoms with Crippen molar-refractivity contribution in [1.29, 1.82) is 0 Å². The molecule has 1 atom stereocenters. The standard InChI is InChI=1S/C23H19ClN2O7/c1-31-17-10-15(11-18(13-17)32-2)23(28)33-21(14-6-4-3-5-7-14)22(27)25-20-9-8-16(26(29)30)12-19(20)24/h3-13,21H,1-2H3,(H,25,27). The molecule has 1 N–H and O–H groups in total. The molecule has 1 amide bonds. The van der Waals surface area contributed by atoms with Crippen molar-refractivity contribution in [2.75, 3.05) is 19.5 Å². The van der Waals surface area contributed by atoms with Crippen LogP contribution in [0.1, 0.15) is 22.0 Å². The smallest absolute Gasteiger partial charge is 0.339 e. The molecule has 0 fully saturated rings. The maximum Gasteiger partial charge on any atom is 0.339 e. The summed E-state index contributed by atoms with van der Waals surface area (Å²) in [6.07, 6.45) is -1.33. The van der Waals surface area contributed by atoms with E-state index in [2.05, 4.69) is 5.32 Å². The highest BCUT2D eigenvalue weighted by molar-refractivity contribution is 6.34. The van der Waals surface area contributed by atoms with E-state index in [1.807, 2.05) is 0 Å². The van der Waals surface area contributed by atoms with E-state index >= 15 is 0 Å². The van der Waals surface area contributed by atoms with Crippen molar-refractivity contribution in [3.63, 3.8) is 0 Å². The summed E-state index contributed by atoms with van der Waals surface area (Å²) in [6.45, 7) is 0. The van der Waals surface area contributed by atoms with Crippen molar-refractivity contribution in [2.24, 2.45) is 0 Å². The van der Waals surface area contributed by atoms with Crippen LogP contribution in [0.4, 0.5) is 11.4 Å². The molecule has 1 unspecified atom stereocenters. The highest BCUT2D eigenvalue weighted by atomic mass is 35.5. The van der Waals surface area contributed by atoms with Gasteiger partial charge >= 0.3 is 5.97 Å². The van der Waals surface area contributed by atoms with Crippen LogP contribution in [-0.4, -0.2) is 31.0 Å². The fraction of sp³-hybridized carbons (Fsp3) is 0.130. The Bertz CT molecular complexity index is 1160. The third kappa shape index (κ3) is 5.78. The lowest BCUT2D eigenvalue weighted by molar-refractivity contribution is -0.384. The van der Waals surface area contributed by atoms with Gasteiger partial charge in [0, 0.05) is 23.8 Å². The van der Waals surface area contributed by atoms with Crippen molar-refractivity contribution < 1.29 is 28.7 Å². The maximum absolute atomic E-state index is 13.1. The molecule has 10 heteroatoms. The van der Waals surface area contributed by atoms with Crippen LogP contribution in [0.5, 0.6) is 11.5 Å². The van der Waals surface area contributed by atoms with Crippen LogP contribution < -0.4 is 14.8 Å². The molecule has 0 aliphatic heterocycles. The van der Waals surface area contributed by atoms with E-state index in [-0.39, 0.29) is 22.0 Å². The molecule has 170 valence electrons. The first-order chi connectivity index (χ1) is 15.8. The van der Waals surface area contributed by atoms with E-state index in [0.717, 1.165) is 6.07 Å². The van der Waals surface area contributed by atoms with Gasteiger partial charge in [0.05, 0.1) is 35.4 Å². The van der Waals surface area contributed by atoms with Gasteiger partial charge in [-0.1, -0.05) is 41.9 Å². The first-order valence-electron chi connectivity index (χ1n) is 9.56. The number of nitro groups is 1. The molecule has 3 aromatic rings. The number of rotatable bonds is 8. The average molecular weight is 471 g/mol. The van der Waals surface area contributed by atoms with E-state index in [0.29, 0.717) is 17.1 Å². The molecule has 33 heavy (non-hydrogen) atoms. The number of carbonyl (C=O) groups excluding carboxylic acids is 2. The zero-order valence-electron chi connectivity index (χ0n) is 17.6. The molecule has 0 heterocycles. The van der Waals surface area contributed by atoms with Crippen LogP contribution in [0.3, 0.4) is 0 Å². The Hall–Kier alpha value is -4.11. The van der Waals surface area contributed by atoms with Gasteiger partial charge in [0.25, 0.3) is 11.6 Å². The van der Waals surface area contributed by atoms with E-state index in [9.17, 15) is 19.7 Å². The summed E-state index contributed by atoms with van der Waals surface area (Å²) in [5.41, 5.74) is 0.438. The van der Waals surface area contributed by atoms with Crippen LogP contribution in [0, 0.1) is 10.1 Å². The minimum absolute atomic E-state index is 0.0341. The Labute approximate surface area is 194 Å². The monoisotopic (exact) mass is 470 g/mol. The fourth-order valence-electron chi connectivity index (χ4n) is 2.92. The van der Waals surface area contributed by atoms with Gasteiger partial charge in [-0.2, -0.15) is 0 Å². The van der Waals surface area contributed by atoms with Crippen molar-refractivity contribution in [3.05, 3.63) is 93.0 Å². The number of non-ortho nitro benzene ring substituents is 1. The summed E-state index contributed by atoms with van der Waals surface area (Å²) in [5, 5.41) is 13.4. The second-order valence-corrected chi connectivity index (χ2v) is 7.12. The predicted molar refractivity (Wildman–Crippen MR) is 121 cm³/mol. The Morgan fingerprint density at radius 2 is 1.61 bits per heavy atom. The van der Waals surface area contributed by atoms with Crippen LogP contribution in [0.2, 0.25) is 5.02 Å². The summed E-state index contributed by atoms with van der Waals surface area (Å²) in [6, 6.07) is 16.5. The largest absolute Gasteiger partial charge is 0.497 e. The number of esters is 1. The van der Waals surface area contributed by atoms with E-state index in [1.54, 1.807) is 36.4 Å². The number of ether oxygens (including phenoxy) is 3. The molecule has 0 saturated heterocycles. The Balaban J connectivity index is 1.89. The lowest BCUT2D eigenvalue weighted by Crippen LogP contribution is -2.26. The van der Waals surface area contributed by atoms with Crippen molar-refractivity contribution in [2.45, 2.75) is 6.10 Å². The van der Waals surface area contributed by atoms with Gasteiger partial charge in [0.1, 0.15) is 11.5 Å². The highest BCUT2D eigenvalue weighted by Crippen LogP contribution is 2.29. The number of nitrogens with one attached hydrogen (secondary N) is 1. The number of anilines is 1. The van der Waals surface area contributed by atoms with Gasteiger partial charge in [0.15, 0.2) is 0 Å². The third-order valence-electron chi connectivity index (χ3n) is 4.57. The molecule has 0 aliphatic rings. The zero-order chi connectivity index (χ0) is 24.0. The van der Waals surface area contributed by atoms with E-state index in [1.165, 1.54) is 38.5 Å². The molecular weight excluding hydrogens is 452 g/mol. The quantitative estimate of drug-likeness (QED) is 0.285. The van der Waals surface area contributed by atoms with Gasteiger partial charge in [0.2, 0.25) is 6.10 Å². The lowest BCUT2D eigenvalue weighted by atomic mass is 10.1. The second-order valence-electron chi connectivity index (χ2n) is 6.71. The number of benzene rings is 3. The minimum atomic E-state index is -1.33. The summed E-state index contributed by atoms with van der Waals surface area (Å²) in [7, 11) is 2.89. The molecule has 3 aromatic carbocycles. The van der Waals surface area contributed by atoms with Crippen molar-refractivity contribution >= 4 is 34.9 Å². The minimum Gasteiger partial charge on any atom is -0.497 e. The predicted octanol–water partition coefficient (Wildman–Crippen LogP) is 4.80. The number of nitro benzene ring substituents is 1. The maximum atomic E-state index is 13.1. The number of hydrogen-bond donors (Lipinski definition) is 1. The van der Waals surface area contributed by atoms with Crippen LogP contribution in [0.25, 0.3) is 0 Å². The Kier molecular flexibility index (Phi) is 7.47. The number of carbonyl (C=O) groups is 2. The lowest BCUT2D eigenvalue weighted by Gasteiger charge is -2.19. The number of nitrogens with zero attached hydrogens (tertiary/aromatic N) is 1. The van der Waals surface area contributed by atoms with Crippen molar-refractivity contribution in [1.82, 2.24) is 0 Å². The van der Waals surface area contributed by atoms with Crippen LogP contribution in [-0.2, 0) is 9.53 Å². The molecule has 3 rings (SSSR count). The van der Waals surface area contributed by atoms with E-state index < -0.39 is 22.9 Å². The van der Waals surface area contributed by atoms with Gasteiger partial charge in [-0.25, -0.2) is 4.79 Å². The Morgan fingerprint density at radius 3 is 2.15 bits per heavy atom. The molecule has 0 aromatic heterocycles. The highest BCUT2D eigenvalue weighted by Gasteiger charge is 2.27. The number of amides is 1. The third-order valence-corrected chi connectivity index (χ3v) is 4.89. The number of hydrogen-bond acceptors (Lipinski definition) is 7. The molecule has 0 spiro atoms. The van der Waals surface area contributed by atoms with E-state index in [4.69, 9.17) is 25.8 Å². The molecular formula is C23H19ClN2O7. The number of halogens is 1. The molecule has 0 saturated carbocycles. The summed E-state index contributed by atoms with van der Waals surface area (Å²) >= 11 is 6.08. The topological polar surface area (TPSA) is 117 Å². The van der Waals surface area contributed by atoms with Crippen LogP contribution in [0.15, 0.2) is 66.7 Å². The summed E-state index contributed by atoms with van der Waals surface area (Å²) < 4.78 is 15.9. The normalized spacial score (nSPS) is 11.2. The molecule has 0 radical (unpaired) electrons. The van der Waals surface area contributed by atoms with Gasteiger partial charge in [-0.15, -0.1) is 0 Å². The molecule has 0 bridgehead atoms. The summed E-state index contributed by atoms with van der Waals surface area (Å²) in [5.74, 6) is -0.731. The first-order valence-corrected chi connectivity index (χ1v) is 9.94. The van der Waals surface area contributed by atoms with Crippen molar-refractivity contribution in [3.8, 4) is 11.5 Å². The van der Waals surface area contributed by atoms with Gasteiger partial charge < -0.3 is 19.5 Å². The second kappa shape index (κ2) is 10.5. The molecule has 0 aliphatic carbocycles. The average Bonchev–Trinajstić information content (AvgIpc) is 2.83. The van der Waals surface area contributed by atoms with Gasteiger partial charge in [-0.3, -0.25) is 14.9 Å². The zero-order valence-corrected chi connectivity index (χ0v) is 18.4. The van der Waals surface area contributed by atoms with Crippen LogP contribution >= 0.6 is 11.6 Å². The number of methoxy groups -OCH3 is 2. The first kappa shape index (κ1) is 23.6. The Morgan fingerprint density at radius 1 is 0.970 bits per heavy atom. The van der Waals surface area contributed by atoms with Gasteiger partial charge in [-0.05, 0) is 18.2 Å². The molecule has 9 nitrogen and oxygen atoms in total.